The number of nitrogens with one attached hydrogen (secondary N) is 2. The second-order valence-electron chi connectivity index (χ2n) is 7.22. The molecule has 0 spiro atoms. The third-order valence-corrected chi connectivity index (χ3v) is 4.82. The van der Waals surface area contributed by atoms with Crippen molar-refractivity contribution >= 4 is 22.7 Å². The highest BCUT2D eigenvalue weighted by atomic mass is 16.2. The predicted octanol–water partition coefficient (Wildman–Crippen LogP) is 2.09. The van der Waals surface area contributed by atoms with Crippen LogP contribution in [0.15, 0.2) is 36.5 Å². The first-order valence-corrected chi connectivity index (χ1v) is 9.21. The molecule has 1 aromatic carbocycles. The highest BCUT2D eigenvalue weighted by molar-refractivity contribution is 5.92. The number of hydrogen-bond donors (Lipinski definition) is 2. The minimum atomic E-state index is -0.177. The van der Waals surface area contributed by atoms with Crippen molar-refractivity contribution in [3.8, 4) is 0 Å². The van der Waals surface area contributed by atoms with Crippen LogP contribution >= 0.6 is 0 Å². The van der Waals surface area contributed by atoms with E-state index in [1.165, 1.54) is 0 Å². The van der Waals surface area contributed by atoms with E-state index < -0.39 is 0 Å². The van der Waals surface area contributed by atoms with Gasteiger partial charge in [-0.2, -0.15) is 5.10 Å². The van der Waals surface area contributed by atoms with E-state index in [1.54, 1.807) is 6.07 Å². The number of carbonyl (C=O) groups is 2. The quantitative estimate of drug-likeness (QED) is 0.743. The van der Waals surface area contributed by atoms with Crippen molar-refractivity contribution in [2.75, 3.05) is 6.54 Å². The Kier molecular flexibility index (Phi) is 4.43. The molecule has 27 heavy (non-hydrogen) atoms. The van der Waals surface area contributed by atoms with Gasteiger partial charge in [-0.3, -0.25) is 14.3 Å². The Labute approximate surface area is 157 Å². The highest BCUT2D eigenvalue weighted by Crippen LogP contribution is 2.20. The van der Waals surface area contributed by atoms with Crippen molar-refractivity contribution in [2.24, 2.45) is 0 Å². The Morgan fingerprint density at radius 3 is 2.89 bits per heavy atom. The second-order valence-corrected chi connectivity index (χ2v) is 7.22. The van der Waals surface area contributed by atoms with E-state index in [1.807, 2.05) is 53.9 Å². The van der Waals surface area contributed by atoms with Crippen LogP contribution < -0.4 is 5.32 Å². The predicted molar refractivity (Wildman–Crippen MR) is 102 cm³/mol. The molecule has 0 bridgehead atoms. The monoisotopic (exact) mass is 365 g/mol. The van der Waals surface area contributed by atoms with E-state index in [9.17, 15) is 9.59 Å². The maximum absolute atomic E-state index is 12.8. The van der Waals surface area contributed by atoms with Gasteiger partial charge in [0, 0.05) is 29.7 Å². The maximum Gasteiger partial charge on any atom is 0.271 e. The molecule has 7 nitrogen and oxygen atoms in total. The smallest absolute Gasteiger partial charge is 0.271 e. The van der Waals surface area contributed by atoms with Gasteiger partial charge in [-0.15, -0.1) is 0 Å². The molecule has 2 aromatic heterocycles. The Bertz CT molecular complexity index is 1000. The molecular formula is C20H23N5O2. The van der Waals surface area contributed by atoms with Crippen LogP contribution in [0.3, 0.4) is 0 Å². The number of amides is 2. The fourth-order valence-corrected chi connectivity index (χ4v) is 3.48. The van der Waals surface area contributed by atoms with Crippen LogP contribution in [0.5, 0.6) is 0 Å². The van der Waals surface area contributed by atoms with Crippen molar-refractivity contribution in [3.63, 3.8) is 0 Å². The van der Waals surface area contributed by atoms with Crippen LogP contribution in [0.4, 0.5) is 0 Å². The van der Waals surface area contributed by atoms with Gasteiger partial charge in [-0.05, 0) is 31.5 Å². The lowest BCUT2D eigenvalue weighted by atomic mass is 10.1. The number of H-pyrrole nitrogens is 1. The van der Waals surface area contributed by atoms with E-state index in [2.05, 4.69) is 15.4 Å². The molecule has 0 saturated carbocycles. The van der Waals surface area contributed by atoms with E-state index in [-0.39, 0.29) is 17.9 Å². The number of nitrogens with zero attached hydrogens (tertiary/aromatic N) is 3. The lowest BCUT2D eigenvalue weighted by Crippen LogP contribution is -2.39. The number of carbonyl (C=O) groups excluding carboxylic acids is 2. The Balaban J connectivity index is 1.47. The van der Waals surface area contributed by atoms with Crippen LogP contribution in [0.25, 0.3) is 10.9 Å². The highest BCUT2D eigenvalue weighted by Gasteiger charge is 2.24. The SMILES string of the molecule is CC(C)NC(=O)c1cc2n(n1)CCN(C(=O)Cc1c[nH]c3ccccc13)C2. The Morgan fingerprint density at radius 1 is 1.26 bits per heavy atom. The number of rotatable bonds is 4. The summed E-state index contributed by atoms with van der Waals surface area (Å²) in [7, 11) is 0. The molecule has 2 amide bonds. The Morgan fingerprint density at radius 2 is 2.07 bits per heavy atom. The number of fused-ring (bicyclic) bond motifs is 2. The molecule has 0 aliphatic carbocycles. The molecule has 140 valence electrons. The van der Waals surface area contributed by atoms with E-state index in [4.69, 9.17) is 0 Å². The number of hydrogen-bond acceptors (Lipinski definition) is 3. The van der Waals surface area contributed by atoms with Crippen LogP contribution in [0, 0.1) is 0 Å². The lowest BCUT2D eigenvalue weighted by molar-refractivity contribution is -0.131. The molecule has 1 aliphatic heterocycles. The summed E-state index contributed by atoms with van der Waals surface area (Å²) in [4.78, 5) is 30.0. The summed E-state index contributed by atoms with van der Waals surface area (Å²) in [5.41, 5.74) is 3.34. The summed E-state index contributed by atoms with van der Waals surface area (Å²) in [6, 6.07) is 9.83. The van der Waals surface area contributed by atoms with Crippen molar-refractivity contribution < 1.29 is 9.59 Å². The minimum absolute atomic E-state index is 0.0606. The van der Waals surface area contributed by atoms with Gasteiger partial charge in [0.25, 0.3) is 5.91 Å². The van der Waals surface area contributed by atoms with Gasteiger partial charge in [-0.25, -0.2) is 0 Å². The van der Waals surface area contributed by atoms with E-state index in [0.29, 0.717) is 31.7 Å². The lowest BCUT2D eigenvalue weighted by Gasteiger charge is -2.27. The molecule has 2 N–H and O–H groups in total. The van der Waals surface area contributed by atoms with Gasteiger partial charge in [0.2, 0.25) is 5.91 Å². The molecule has 0 saturated heterocycles. The molecule has 0 unspecified atom stereocenters. The zero-order valence-corrected chi connectivity index (χ0v) is 15.5. The van der Waals surface area contributed by atoms with Crippen LogP contribution in [-0.4, -0.2) is 44.1 Å². The van der Waals surface area contributed by atoms with Gasteiger partial charge < -0.3 is 15.2 Å². The summed E-state index contributed by atoms with van der Waals surface area (Å²) >= 11 is 0. The first-order valence-electron chi connectivity index (χ1n) is 9.21. The molecule has 0 radical (unpaired) electrons. The normalized spacial score (nSPS) is 13.8. The second kappa shape index (κ2) is 6.90. The van der Waals surface area contributed by atoms with Crippen molar-refractivity contribution in [1.82, 2.24) is 25.0 Å². The number of para-hydroxylation sites is 1. The number of benzene rings is 1. The van der Waals surface area contributed by atoms with E-state index in [0.717, 1.165) is 22.2 Å². The zero-order chi connectivity index (χ0) is 19.0. The van der Waals surface area contributed by atoms with Crippen LogP contribution in [-0.2, 0) is 24.3 Å². The van der Waals surface area contributed by atoms with Gasteiger partial charge in [0.1, 0.15) is 0 Å². The summed E-state index contributed by atoms with van der Waals surface area (Å²) < 4.78 is 1.82. The summed E-state index contributed by atoms with van der Waals surface area (Å²) in [5, 5.41) is 8.31. The molecule has 0 fully saturated rings. The molecular weight excluding hydrogens is 342 g/mol. The third kappa shape index (κ3) is 3.45. The maximum atomic E-state index is 12.8. The topological polar surface area (TPSA) is 83.0 Å². The largest absolute Gasteiger partial charge is 0.361 e. The van der Waals surface area contributed by atoms with E-state index >= 15 is 0 Å². The molecule has 3 heterocycles. The van der Waals surface area contributed by atoms with Gasteiger partial charge >= 0.3 is 0 Å². The molecule has 4 rings (SSSR count). The van der Waals surface area contributed by atoms with Crippen LogP contribution in [0.1, 0.15) is 35.6 Å². The van der Waals surface area contributed by atoms with Crippen LogP contribution in [0.2, 0.25) is 0 Å². The summed E-state index contributed by atoms with van der Waals surface area (Å²) in [6.07, 6.45) is 2.27. The van der Waals surface area contributed by atoms with Crippen molar-refractivity contribution in [1.29, 1.82) is 0 Å². The van der Waals surface area contributed by atoms with Crippen molar-refractivity contribution in [2.45, 2.75) is 39.4 Å². The first-order chi connectivity index (χ1) is 13.0. The summed E-state index contributed by atoms with van der Waals surface area (Å²) in [6.45, 7) is 5.51. The number of aromatic nitrogens is 3. The van der Waals surface area contributed by atoms with Crippen molar-refractivity contribution in [3.05, 3.63) is 53.5 Å². The molecule has 1 aliphatic rings. The first kappa shape index (κ1) is 17.3. The third-order valence-electron chi connectivity index (χ3n) is 4.82. The zero-order valence-electron chi connectivity index (χ0n) is 15.5. The van der Waals surface area contributed by atoms with Gasteiger partial charge in [-0.1, -0.05) is 18.2 Å². The molecule has 7 heteroatoms. The summed E-state index contributed by atoms with van der Waals surface area (Å²) in [5.74, 6) is -0.0936. The fraction of sp³-hybridized carbons (Fsp3) is 0.350. The van der Waals surface area contributed by atoms with Gasteiger partial charge in [0.15, 0.2) is 5.69 Å². The standard InChI is InChI=1S/C20H23N5O2/c1-13(2)22-20(27)18-10-15-12-24(7-8-25(15)23-18)19(26)9-14-11-21-17-6-4-3-5-16(14)17/h3-6,10-11,13,21H,7-9,12H2,1-2H3,(H,22,27). The Hall–Kier alpha value is -3.09. The van der Waals surface area contributed by atoms with Gasteiger partial charge in [0.05, 0.1) is 25.2 Å². The minimum Gasteiger partial charge on any atom is -0.361 e. The number of aromatic amines is 1. The molecule has 0 atom stereocenters. The average Bonchev–Trinajstić information content (AvgIpc) is 3.25. The molecule has 3 aromatic rings. The fourth-order valence-electron chi connectivity index (χ4n) is 3.48. The average molecular weight is 365 g/mol.